The highest BCUT2D eigenvalue weighted by atomic mass is 16.2. The van der Waals surface area contributed by atoms with Gasteiger partial charge in [0.25, 0.3) is 11.8 Å². The quantitative estimate of drug-likeness (QED) is 0.899. The molecule has 3 aliphatic rings. The number of fused-ring (bicyclic) bond motifs is 2. The minimum Gasteiger partial charge on any atom is -0.354 e. The van der Waals surface area contributed by atoms with Crippen molar-refractivity contribution in [2.24, 2.45) is 0 Å². The lowest BCUT2D eigenvalue weighted by Gasteiger charge is -2.43. The zero-order valence-corrected chi connectivity index (χ0v) is 15.0. The highest BCUT2D eigenvalue weighted by Crippen LogP contribution is 2.34. The molecule has 0 aromatic heterocycles. The molecule has 25 heavy (non-hydrogen) atoms. The number of hydrogen-bond donors (Lipinski definition) is 1. The Morgan fingerprint density at radius 2 is 1.84 bits per heavy atom. The van der Waals surface area contributed by atoms with E-state index in [-0.39, 0.29) is 18.0 Å². The van der Waals surface area contributed by atoms with Crippen LogP contribution in [0, 0.1) is 0 Å². The average molecular weight is 341 g/mol. The van der Waals surface area contributed by atoms with Crippen LogP contribution in [0.2, 0.25) is 0 Å². The molecule has 1 aliphatic carbocycles. The van der Waals surface area contributed by atoms with Gasteiger partial charge in [0.1, 0.15) is 6.17 Å². The van der Waals surface area contributed by atoms with Crippen molar-refractivity contribution in [3.63, 3.8) is 0 Å². The number of carbonyl (C=O) groups is 2. The monoisotopic (exact) mass is 341 g/mol. The number of nitrogens with one attached hydrogen (secondary N) is 1. The molecule has 0 radical (unpaired) electrons. The third-order valence-electron chi connectivity index (χ3n) is 5.99. The van der Waals surface area contributed by atoms with E-state index < -0.39 is 0 Å². The Kier molecular flexibility index (Phi) is 4.40. The first kappa shape index (κ1) is 16.4. The van der Waals surface area contributed by atoms with Crippen molar-refractivity contribution in [3.8, 4) is 0 Å². The van der Waals surface area contributed by atoms with Gasteiger partial charge in [-0.15, -0.1) is 0 Å². The third-order valence-corrected chi connectivity index (χ3v) is 5.99. The van der Waals surface area contributed by atoms with Crippen molar-refractivity contribution in [2.75, 3.05) is 18.5 Å². The van der Waals surface area contributed by atoms with Gasteiger partial charge in [-0.3, -0.25) is 9.59 Å². The predicted octanol–water partition coefficient (Wildman–Crippen LogP) is 3.15. The number of amides is 2. The van der Waals surface area contributed by atoms with Crippen LogP contribution in [0.25, 0.3) is 0 Å². The van der Waals surface area contributed by atoms with E-state index in [1.165, 1.54) is 19.3 Å². The van der Waals surface area contributed by atoms with E-state index in [0.717, 1.165) is 49.9 Å². The Labute approximate surface area is 149 Å². The van der Waals surface area contributed by atoms with Gasteiger partial charge in [0, 0.05) is 25.2 Å². The van der Waals surface area contributed by atoms with Crippen LogP contribution in [-0.4, -0.2) is 42.5 Å². The van der Waals surface area contributed by atoms with Gasteiger partial charge in [-0.05, 0) is 50.3 Å². The number of rotatable bonds is 2. The molecule has 1 saturated carbocycles. The maximum Gasteiger partial charge on any atom is 0.257 e. The molecule has 2 amide bonds. The van der Waals surface area contributed by atoms with Gasteiger partial charge in [-0.25, -0.2) is 0 Å². The molecular formula is C20H27N3O2. The summed E-state index contributed by atoms with van der Waals surface area (Å²) in [5.41, 5.74) is 2.28. The second kappa shape index (κ2) is 6.70. The van der Waals surface area contributed by atoms with E-state index in [2.05, 4.69) is 10.2 Å². The van der Waals surface area contributed by atoms with Crippen LogP contribution in [0.4, 0.5) is 5.69 Å². The maximum absolute atomic E-state index is 12.9. The fourth-order valence-electron chi connectivity index (χ4n) is 4.53. The summed E-state index contributed by atoms with van der Waals surface area (Å²) in [4.78, 5) is 29.7. The summed E-state index contributed by atoms with van der Waals surface area (Å²) in [6, 6.07) is 5.84. The molecule has 1 N–H and O–H groups in total. The predicted molar refractivity (Wildman–Crippen MR) is 97.9 cm³/mol. The Balaban J connectivity index is 1.61. The van der Waals surface area contributed by atoms with Crippen molar-refractivity contribution >= 4 is 17.5 Å². The summed E-state index contributed by atoms with van der Waals surface area (Å²) in [7, 11) is 2.05. The molecule has 1 aromatic rings. The lowest BCUT2D eigenvalue weighted by Crippen LogP contribution is -2.53. The number of hydrogen-bond acceptors (Lipinski definition) is 3. The number of anilines is 1. The van der Waals surface area contributed by atoms with Gasteiger partial charge < -0.3 is 15.1 Å². The van der Waals surface area contributed by atoms with Crippen molar-refractivity contribution in [1.29, 1.82) is 0 Å². The first-order valence-electron chi connectivity index (χ1n) is 9.64. The Morgan fingerprint density at radius 1 is 1.08 bits per heavy atom. The second-order valence-electron chi connectivity index (χ2n) is 7.63. The SMILES string of the molecule is CN1c2cc(C(=O)NC3CCCC3)ccc2C(=O)N2CCCCCC21. The fraction of sp³-hybridized carbons (Fsp3) is 0.600. The zero-order valence-electron chi connectivity index (χ0n) is 15.0. The van der Waals surface area contributed by atoms with Crippen LogP contribution in [0.1, 0.15) is 72.1 Å². The number of nitrogens with zero attached hydrogens (tertiary/aromatic N) is 2. The normalized spacial score (nSPS) is 23.9. The molecule has 1 atom stereocenters. The first-order valence-corrected chi connectivity index (χ1v) is 9.64. The maximum atomic E-state index is 12.9. The van der Waals surface area contributed by atoms with Crippen LogP contribution < -0.4 is 10.2 Å². The highest BCUT2D eigenvalue weighted by Gasteiger charge is 2.36. The molecule has 2 aliphatic heterocycles. The molecule has 134 valence electrons. The fourth-order valence-corrected chi connectivity index (χ4v) is 4.53. The Hall–Kier alpha value is -2.04. The van der Waals surface area contributed by atoms with Crippen molar-refractivity contribution in [2.45, 2.75) is 63.6 Å². The Bertz CT molecular complexity index is 682. The highest BCUT2D eigenvalue weighted by molar-refractivity contribution is 6.04. The van der Waals surface area contributed by atoms with Gasteiger partial charge in [-0.2, -0.15) is 0 Å². The van der Waals surface area contributed by atoms with E-state index in [1.807, 2.05) is 24.1 Å². The molecule has 0 spiro atoms. The Morgan fingerprint density at radius 3 is 2.64 bits per heavy atom. The summed E-state index contributed by atoms with van der Waals surface area (Å²) in [5.74, 6) is 0.0987. The van der Waals surface area contributed by atoms with E-state index in [0.29, 0.717) is 11.6 Å². The van der Waals surface area contributed by atoms with Crippen molar-refractivity contribution in [3.05, 3.63) is 29.3 Å². The summed E-state index contributed by atoms with van der Waals surface area (Å²) < 4.78 is 0. The van der Waals surface area contributed by atoms with Crippen LogP contribution in [-0.2, 0) is 0 Å². The third kappa shape index (κ3) is 3.00. The van der Waals surface area contributed by atoms with Crippen LogP contribution in [0.3, 0.4) is 0 Å². The van der Waals surface area contributed by atoms with Gasteiger partial charge >= 0.3 is 0 Å². The topological polar surface area (TPSA) is 52.7 Å². The number of carbonyl (C=O) groups excluding carboxylic acids is 2. The minimum absolute atomic E-state index is 0.0150. The molecule has 2 heterocycles. The van der Waals surface area contributed by atoms with E-state index in [4.69, 9.17) is 0 Å². The zero-order chi connectivity index (χ0) is 17.4. The lowest BCUT2D eigenvalue weighted by atomic mass is 10.0. The van der Waals surface area contributed by atoms with Crippen molar-refractivity contribution < 1.29 is 9.59 Å². The summed E-state index contributed by atoms with van der Waals surface area (Å²) in [6.07, 6.45) is 9.07. The minimum atomic E-state index is -0.0150. The van der Waals surface area contributed by atoms with E-state index in [9.17, 15) is 9.59 Å². The second-order valence-corrected chi connectivity index (χ2v) is 7.63. The smallest absolute Gasteiger partial charge is 0.257 e. The first-order chi connectivity index (χ1) is 12.1. The molecule has 1 unspecified atom stereocenters. The van der Waals surface area contributed by atoms with Crippen LogP contribution in [0.15, 0.2) is 18.2 Å². The van der Waals surface area contributed by atoms with Crippen molar-refractivity contribution in [1.82, 2.24) is 10.2 Å². The molecule has 5 heteroatoms. The van der Waals surface area contributed by atoms with Crippen LogP contribution in [0.5, 0.6) is 0 Å². The van der Waals surface area contributed by atoms with Gasteiger partial charge in [-0.1, -0.05) is 19.3 Å². The van der Waals surface area contributed by atoms with Crippen LogP contribution >= 0.6 is 0 Å². The lowest BCUT2D eigenvalue weighted by molar-refractivity contribution is 0.0661. The molecule has 5 nitrogen and oxygen atoms in total. The molecule has 4 rings (SSSR count). The molecule has 1 aromatic carbocycles. The largest absolute Gasteiger partial charge is 0.354 e. The average Bonchev–Trinajstić information content (AvgIpc) is 3.00. The van der Waals surface area contributed by atoms with Gasteiger partial charge in [0.15, 0.2) is 0 Å². The number of benzene rings is 1. The standard InChI is InChI=1S/C20H27N3O2/c1-22-17-13-14(19(24)21-15-7-4-5-8-15)10-11-16(17)20(25)23-12-6-2-3-9-18(22)23/h10-11,13,15,18H,2-9,12H2,1H3,(H,21,24). The molecule has 1 saturated heterocycles. The summed E-state index contributed by atoms with van der Waals surface area (Å²) >= 11 is 0. The molecule has 0 bridgehead atoms. The summed E-state index contributed by atoms with van der Waals surface area (Å²) in [5, 5.41) is 3.14. The van der Waals surface area contributed by atoms with Gasteiger partial charge in [0.2, 0.25) is 0 Å². The molecule has 2 fully saturated rings. The van der Waals surface area contributed by atoms with E-state index in [1.54, 1.807) is 6.07 Å². The molecular weight excluding hydrogens is 314 g/mol. The summed E-state index contributed by atoms with van der Waals surface area (Å²) in [6.45, 7) is 0.831. The van der Waals surface area contributed by atoms with E-state index >= 15 is 0 Å². The van der Waals surface area contributed by atoms with Gasteiger partial charge in [0.05, 0.1) is 11.3 Å².